The van der Waals surface area contributed by atoms with Crippen LogP contribution in [0, 0.1) is 6.92 Å². The lowest BCUT2D eigenvalue weighted by molar-refractivity contribution is 0.314. The topological polar surface area (TPSA) is 58.9 Å². The van der Waals surface area contributed by atoms with Gasteiger partial charge in [0.05, 0.1) is 14.2 Å². The molecule has 4 nitrogen and oxygen atoms in total. The largest absolute Gasteiger partial charge is 0.504 e. The number of ether oxygens (including phenoxy) is 2. The number of hydrogen-bond donors (Lipinski definition) is 2. The lowest BCUT2D eigenvalue weighted by atomic mass is 9.99. The van der Waals surface area contributed by atoms with Crippen molar-refractivity contribution in [2.45, 2.75) is 99.3 Å². The Bertz CT molecular complexity index is 932. The summed E-state index contributed by atoms with van der Waals surface area (Å²) in [6, 6.07) is 0. The van der Waals surface area contributed by atoms with Crippen LogP contribution in [0.3, 0.4) is 0 Å². The summed E-state index contributed by atoms with van der Waals surface area (Å²) in [5.41, 5.74) is 6.94. The number of rotatable bonds is 15. The van der Waals surface area contributed by atoms with E-state index >= 15 is 0 Å². The molecule has 1 aromatic carbocycles. The molecule has 4 heteroatoms. The number of benzene rings is 1. The maximum atomic E-state index is 10.6. The Morgan fingerprint density at radius 1 is 0.657 bits per heavy atom. The van der Waals surface area contributed by atoms with Crippen molar-refractivity contribution in [2.75, 3.05) is 14.2 Å². The lowest BCUT2D eigenvalue weighted by Gasteiger charge is -2.17. The molecule has 0 aliphatic carbocycles. The number of phenolic OH excluding ortho intramolecular Hbond substituents is 2. The first-order valence-corrected chi connectivity index (χ1v) is 12.9. The molecule has 196 valence electrons. The molecule has 0 heterocycles. The summed E-state index contributed by atoms with van der Waals surface area (Å²) in [4.78, 5) is 0. The van der Waals surface area contributed by atoms with Crippen LogP contribution in [0.5, 0.6) is 23.0 Å². The monoisotopic (exact) mass is 484 g/mol. The summed E-state index contributed by atoms with van der Waals surface area (Å²) < 4.78 is 10.5. The average Bonchev–Trinajstić information content (AvgIpc) is 2.81. The second-order valence-electron chi connectivity index (χ2n) is 9.64. The van der Waals surface area contributed by atoms with Gasteiger partial charge in [0.2, 0.25) is 11.5 Å². The third kappa shape index (κ3) is 10.3. The van der Waals surface area contributed by atoms with Crippen LogP contribution in [0.25, 0.3) is 0 Å². The highest BCUT2D eigenvalue weighted by Gasteiger charge is 2.22. The predicted octanol–water partition coefficient (Wildman–Crippen LogP) is 8.89. The fourth-order valence-corrected chi connectivity index (χ4v) is 4.19. The summed E-state index contributed by atoms with van der Waals surface area (Å²) in [6.07, 6.45) is 18.7. The molecule has 0 saturated carbocycles. The van der Waals surface area contributed by atoms with Crippen LogP contribution >= 0.6 is 0 Å². The number of allylic oxidation sites excluding steroid dienone is 8. The van der Waals surface area contributed by atoms with Gasteiger partial charge in [0.25, 0.3) is 0 Å². The van der Waals surface area contributed by atoms with E-state index in [2.05, 4.69) is 58.9 Å². The maximum Gasteiger partial charge on any atom is 0.207 e. The normalized spacial score (nSPS) is 13.4. The van der Waals surface area contributed by atoms with Gasteiger partial charge in [-0.25, -0.2) is 0 Å². The molecule has 0 unspecified atom stereocenters. The highest BCUT2D eigenvalue weighted by molar-refractivity contribution is 5.66. The Kier molecular flexibility index (Phi) is 14.0. The second-order valence-corrected chi connectivity index (χ2v) is 9.64. The van der Waals surface area contributed by atoms with E-state index in [0.717, 1.165) is 38.5 Å². The van der Waals surface area contributed by atoms with Crippen LogP contribution in [0.15, 0.2) is 46.6 Å². The summed E-state index contributed by atoms with van der Waals surface area (Å²) in [6.45, 7) is 12.8. The Balaban J connectivity index is 2.57. The van der Waals surface area contributed by atoms with E-state index < -0.39 is 0 Å². The first kappa shape index (κ1) is 30.4. The van der Waals surface area contributed by atoms with Crippen molar-refractivity contribution in [1.29, 1.82) is 0 Å². The van der Waals surface area contributed by atoms with Gasteiger partial charge < -0.3 is 19.7 Å². The molecule has 1 aromatic rings. The van der Waals surface area contributed by atoms with Crippen LogP contribution in [-0.2, 0) is 6.42 Å². The van der Waals surface area contributed by atoms with E-state index in [4.69, 9.17) is 9.47 Å². The van der Waals surface area contributed by atoms with Gasteiger partial charge in [0.15, 0.2) is 11.5 Å². The van der Waals surface area contributed by atoms with Crippen molar-refractivity contribution >= 4 is 0 Å². The Hall–Kier alpha value is -2.62. The summed E-state index contributed by atoms with van der Waals surface area (Å²) >= 11 is 0. The zero-order valence-electron chi connectivity index (χ0n) is 23.4. The minimum atomic E-state index is 0.00844. The zero-order valence-corrected chi connectivity index (χ0v) is 23.4. The van der Waals surface area contributed by atoms with E-state index in [1.165, 1.54) is 49.4 Å². The molecular weight excluding hydrogens is 436 g/mol. The van der Waals surface area contributed by atoms with E-state index in [1.807, 2.05) is 0 Å². The van der Waals surface area contributed by atoms with Gasteiger partial charge in [0, 0.05) is 11.1 Å². The van der Waals surface area contributed by atoms with Crippen molar-refractivity contribution in [3.8, 4) is 23.0 Å². The molecule has 0 aromatic heterocycles. The quantitative estimate of drug-likeness (QED) is 0.193. The van der Waals surface area contributed by atoms with E-state index in [9.17, 15) is 10.2 Å². The molecule has 0 saturated heterocycles. The van der Waals surface area contributed by atoms with Crippen LogP contribution in [0.1, 0.15) is 97.1 Å². The molecule has 35 heavy (non-hydrogen) atoms. The van der Waals surface area contributed by atoms with E-state index in [1.54, 1.807) is 6.92 Å². The average molecular weight is 485 g/mol. The van der Waals surface area contributed by atoms with Crippen LogP contribution in [0.2, 0.25) is 0 Å². The number of methoxy groups -OCH3 is 2. The predicted molar refractivity (Wildman–Crippen MR) is 149 cm³/mol. The standard InChI is InChI=1S/C31H48O4/c1-9-13-22(2)14-10-15-23(3)16-11-17-24(4)18-12-19-25(5)20-21-27-26(6)28(32)30(34-7)31(35-8)29(27)33/h14,16,18,20,32-33H,9-13,15,17,19,21H2,1-8H3/b22-14+,23-16-,24-18+,25-20+. The molecule has 0 atom stereocenters. The molecule has 0 radical (unpaired) electrons. The molecule has 0 aliphatic heterocycles. The Labute approximate surface area is 214 Å². The van der Waals surface area contributed by atoms with E-state index in [-0.39, 0.29) is 23.0 Å². The second kappa shape index (κ2) is 16.1. The molecular formula is C31H48O4. The summed E-state index contributed by atoms with van der Waals surface area (Å²) in [5.74, 6) is 0.364. The fourth-order valence-electron chi connectivity index (χ4n) is 4.19. The summed E-state index contributed by atoms with van der Waals surface area (Å²) in [5, 5.41) is 21.0. The van der Waals surface area contributed by atoms with Crippen molar-refractivity contribution in [2.24, 2.45) is 0 Å². The fraction of sp³-hybridized carbons (Fsp3) is 0.548. The van der Waals surface area contributed by atoms with Crippen molar-refractivity contribution < 1.29 is 19.7 Å². The number of phenols is 2. The minimum absolute atomic E-state index is 0.00844. The molecule has 0 bridgehead atoms. The van der Waals surface area contributed by atoms with Crippen molar-refractivity contribution in [3.05, 3.63) is 57.7 Å². The Morgan fingerprint density at radius 2 is 1.06 bits per heavy atom. The third-order valence-corrected chi connectivity index (χ3v) is 6.53. The Morgan fingerprint density at radius 3 is 1.49 bits per heavy atom. The highest BCUT2D eigenvalue weighted by atomic mass is 16.5. The van der Waals surface area contributed by atoms with Crippen molar-refractivity contribution in [3.63, 3.8) is 0 Å². The SMILES string of the molecule is CCC/C(C)=C/CC/C(C)=C\CC/C(C)=C/CC/C(C)=C/Cc1c(C)c(O)c(OC)c(OC)c1O. The minimum Gasteiger partial charge on any atom is -0.504 e. The third-order valence-electron chi connectivity index (χ3n) is 6.53. The zero-order chi connectivity index (χ0) is 26.4. The molecule has 0 aliphatic rings. The molecule has 0 spiro atoms. The van der Waals surface area contributed by atoms with Gasteiger partial charge in [-0.05, 0) is 86.0 Å². The van der Waals surface area contributed by atoms with Gasteiger partial charge in [0.1, 0.15) is 0 Å². The molecule has 0 amide bonds. The summed E-state index contributed by atoms with van der Waals surface area (Å²) in [7, 11) is 2.90. The van der Waals surface area contributed by atoms with Crippen LogP contribution in [-0.4, -0.2) is 24.4 Å². The van der Waals surface area contributed by atoms with Crippen LogP contribution in [0.4, 0.5) is 0 Å². The molecule has 0 fully saturated rings. The molecule has 1 rings (SSSR count). The smallest absolute Gasteiger partial charge is 0.207 e. The van der Waals surface area contributed by atoms with Gasteiger partial charge >= 0.3 is 0 Å². The van der Waals surface area contributed by atoms with Gasteiger partial charge in [-0.2, -0.15) is 0 Å². The van der Waals surface area contributed by atoms with Gasteiger partial charge in [-0.1, -0.05) is 59.9 Å². The first-order valence-electron chi connectivity index (χ1n) is 12.9. The van der Waals surface area contributed by atoms with Crippen molar-refractivity contribution in [1.82, 2.24) is 0 Å². The lowest BCUT2D eigenvalue weighted by Crippen LogP contribution is -1.98. The number of aromatic hydroxyl groups is 2. The number of hydrogen-bond acceptors (Lipinski definition) is 4. The highest BCUT2D eigenvalue weighted by Crippen LogP contribution is 2.48. The van der Waals surface area contributed by atoms with Gasteiger partial charge in [-0.15, -0.1) is 0 Å². The van der Waals surface area contributed by atoms with E-state index in [0.29, 0.717) is 17.5 Å². The van der Waals surface area contributed by atoms with Crippen LogP contribution < -0.4 is 9.47 Å². The molecule has 2 N–H and O–H groups in total. The first-order chi connectivity index (χ1) is 16.7. The maximum absolute atomic E-state index is 10.6. The van der Waals surface area contributed by atoms with Gasteiger partial charge in [-0.3, -0.25) is 0 Å².